The van der Waals surface area contributed by atoms with E-state index in [0.717, 1.165) is 0 Å². The molecule has 0 bridgehead atoms. The summed E-state index contributed by atoms with van der Waals surface area (Å²) in [6.07, 6.45) is -6.30. The molecular weight excluding hydrogens is 205 g/mol. The molecule has 7 heteroatoms. The van der Waals surface area contributed by atoms with Crippen LogP contribution < -0.4 is 0 Å². The van der Waals surface area contributed by atoms with E-state index in [0.29, 0.717) is 0 Å². The topological polar surface area (TPSA) is 52.6 Å². The Kier molecular flexibility index (Phi) is 5.14. The SMILES string of the molecule is CCOCOC(=O)CC(=O)C(F)(F)F. The number of halogens is 3. The Labute approximate surface area is 78.0 Å². The molecule has 0 aliphatic carbocycles. The van der Waals surface area contributed by atoms with Gasteiger partial charge in [-0.3, -0.25) is 9.59 Å². The average molecular weight is 214 g/mol. The van der Waals surface area contributed by atoms with Gasteiger partial charge in [-0.15, -0.1) is 0 Å². The molecule has 4 nitrogen and oxygen atoms in total. The predicted octanol–water partition coefficient (Wildman–Crippen LogP) is 1.05. The first-order chi connectivity index (χ1) is 6.38. The van der Waals surface area contributed by atoms with E-state index in [1.807, 2.05) is 0 Å². The Morgan fingerprint density at radius 1 is 1.29 bits per heavy atom. The minimum absolute atomic E-state index is 0.264. The van der Waals surface area contributed by atoms with Gasteiger partial charge in [-0.25, -0.2) is 0 Å². The Morgan fingerprint density at radius 3 is 2.29 bits per heavy atom. The number of ether oxygens (including phenoxy) is 2. The third-order valence-corrected chi connectivity index (χ3v) is 1.13. The molecule has 0 amide bonds. The highest BCUT2D eigenvalue weighted by Crippen LogP contribution is 2.17. The summed E-state index contributed by atoms with van der Waals surface area (Å²) in [6, 6.07) is 0. The monoisotopic (exact) mass is 214 g/mol. The van der Waals surface area contributed by atoms with Gasteiger partial charge in [0.2, 0.25) is 5.78 Å². The lowest BCUT2D eigenvalue weighted by molar-refractivity contribution is -0.177. The number of Topliss-reactive ketones (excluding diaryl/α,β-unsaturated/α-hetero) is 1. The van der Waals surface area contributed by atoms with Crippen molar-refractivity contribution in [3.05, 3.63) is 0 Å². The van der Waals surface area contributed by atoms with Gasteiger partial charge in [-0.05, 0) is 6.92 Å². The quantitative estimate of drug-likeness (QED) is 0.297. The molecule has 0 aliphatic rings. The van der Waals surface area contributed by atoms with Crippen molar-refractivity contribution in [1.82, 2.24) is 0 Å². The van der Waals surface area contributed by atoms with Crippen LogP contribution in [0.2, 0.25) is 0 Å². The number of hydrogen-bond donors (Lipinski definition) is 0. The summed E-state index contributed by atoms with van der Waals surface area (Å²) in [5.74, 6) is -3.38. The zero-order valence-corrected chi connectivity index (χ0v) is 7.39. The number of alkyl halides is 3. The smallest absolute Gasteiger partial charge is 0.438 e. The van der Waals surface area contributed by atoms with Gasteiger partial charge in [0, 0.05) is 6.61 Å². The minimum atomic E-state index is -5.00. The molecule has 14 heavy (non-hydrogen) atoms. The fraction of sp³-hybridized carbons (Fsp3) is 0.714. The Bertz CT molecular complexity index is 211. The molecule has 0 N–H and O–H groups in total. The number of ketones is 1. The lowest BCUT2D eigenvalue weighted by atomic mass is 10.3. The molecule has 0 radical (unpaired) electrons. The van der Waals surface area contributed by atoms with Gasteiger partial charge in [0.1, 0.15) is 6.42 Å². The van der Waals surface area contributed by atoms with Gasteiger partial charge in [0.25, 0.3) is 0 Å². The lowest BCUT2D eigenvalue weighted by Gasteiger charge is -2.05. The fourth-order valence-electron chi connectivity index (χ4n) is 0.473. The van der Waals surface area contributed by atoms with Crippen molar-refractivity contribution < 1.29 is 32.2 Å². The van der Waals surface area contributed by atoms with Crippen LogP contribution in [-0.2, 0) is 19.1 Å². The van der Waals surface area contributed by atoms with Crippen molar-refractivity contribution in [2.45, 2.75) is 19.5 Å². The molecule has 0 unspecified atom stereocenters. The van der Waals surface area contributed by atoms with Crippen molar-refractivity contribution in [3.8, 4) is 0 Å². The number of carbonyl (C=O) groups excluding carboxylic acids is 2. The third-order valence-electron chi connectivity index (χ3n) is 1.13. The zero-order chi connectivity index (χ0) is 11.2. The molecule has 0 saturated heterocycles. The van der Waals surface area contributed by atoms with Crippen LogP contribution in [0.25, 0.3) is 0 Å². The summed E-state index contributed by atoms with van der Waals surface area (Å²) in [4.78, 5) is 20.8. The van der Waals surface area contributed by atoms with Crippen molar-refractivity contribution in [2.75, 3.05) is 13.4 Å². The average Bonchev–Trinajstić information content (AvgIpc) is 2.03. The van der Waals surface area contributed by atoms with E-state index in [2.05, 4.69) is 9.47 Å². The highest BCUT2D eigenvalue weighted by atomic mass is 19.4. The standard InChI is InChI=1S/C7H9F3O4/c1-2-13-4-14-6(12)3-5(11)7(8,9)10/h2-4H2,1H3. The number of esters is 1. The van der Waals surface area contributed by atoms with Crippen molar-refractivity contribution >= 4 is 11.8 Å². The highest BCUT2D eigenvalue weighted by molar-refractivity contribution is 5.98. The van der Waals surface area contributed by atoms with Crippen LogP contribution in [0.5, 0.6) is 0 Å². The fourth-order valence-corrected chi connectivity index (χ4v) is 0.473. The molecule has 0 aromatic carbocycles. The normalized spacial score (nSPS) is 11.1. The Balaban J connectivity index is 3.78. The van der Waals surface area contributed by atoms with Crippen LogP contribution in [0.4, 0.5) is 13.2 Å². The molecule has 0 aromatic rings. The third kappa shape index (κ3) is 5.52. The molecule has 82 valence electrons. The molecule has 0 spiro atoms. The molecule has 0 heterocycles. The van der Waals surface area contributed by atoms with E-state index < -0.39 is 31.1 Å². The van der Waals surface area contributed by atoms with E-state index in [9.17, 15) is 22.8 Å². The molecule has 0 aliphatic heterocycles. The van der Waals surface area contributed by atoms with Crippen LogP contribution in [0, 0.1) is 0 Å². The Morgan fingerprint density at radius 2 is 1.86 bits per heavy atom. The molecule has 0 fully saturated rings. The molecule has 0 saturated carbocycles. The summed E-state index contributed by atoms with van der Waals surface area (Å²) in [6.45, 7) is 1.44. The maximum Gasteiger partial charge on any atom is 0.450 e. The van der Waals surface area contributed by atoms with Crippen molar-refractivity contribution in [1.29, 1.82) is 0 Å². The first-order valence-electron chi connectivity index (χ1n) is 3.71. The predicted molar refractivity (Wildman–Crippen MR) is 38.3 cm³/mol. The van der Waals surface area contributed by atoms with Gasteiger partial charge in [-0.1, -0.05) is 0 Å². The molecule has 0 rings (SSSR count). The number of hydrogen-bond acceptors (Lipinski definition) is 4. The van der Waals surface area contributed by atoms with Crippen LogP contribution in [-0.4, -0.2) is 31.3 Å². The summed E-state index contributed by atoms with van der Waals surface area (Å²) in [7, 11) is 0. The van der Waals surface area contributed by atoms with Crippen molar-refractivity contribution in [3.63, 3.8) is 0 Å². The number of rotatable bonds is 5. The van der Waals surface area contributed by atoms with Gasteiger partial charge in [-0.2, -0.15) is 13.2 Å². The summed E-state index contributed by atoms with van der Waals surface area (Å²) >= 11 is 0. The first-order valence-corrected chi connectivity index (χ1v) is 3.71. The van der Waals surface area contributed by atoms with E-state index >= 15 is 0 Å². The van der Waals surface area contributed by atoms with E-state index in [-0.39, 0.29) is 6.61 Å². The summed E-state index contributed by atoms with van der Waals surface area (Å²) in [5.41, 5.74) is 0. The number of carbonyl (C=O) groups is 2. The summed E-state index contributed by atoms with van der Waals surface area (Å²) < 4.78 is 43.5. The van der Waals surface area contributed by atoms with Crippen molar-refractivity contribution in [2.24, 2.45) is 0 Å². The molecule has 0 aromatic heterocycles. The van der Waals surface area contributed by atoms with E-state index in [1.54, 1.807) is 6.92 Å². The van der Waals surface area contributed by atoms with Crippen LogP contribution in [0.1, 0.15) is 13.3 Å². The zero-order valence-electron chi connectivity index (χ0n) is 7.39. The lowest BCUT2D eigenvalue weighted by Crippen LogP contribution is -2.26. The highest BCUT2D eigenvalue weighted by Gasteiger charge is 2.39. The van der Waals surface area contributed by atoms with E-state index in [4.69, 9.17) is 0 Å². The summed E-state index contributed by atoms with van der Waals surface area (Å²) in [5, 5.41) is 0. The maximum absolute atomic E-state index is 11.6. The van der Waals surface area contributed by atoms with Crippen LogP contribution in [0.3, 0.4) is 0 Å². The second-order valence-corrected chi connectivity index (χ2v) is 2.22. The first kappa shape index (κ1) is 12.9. The Hall–Kier alpha value is -1.11. The van der Waals surface area contributed by atoms with Crippen LogP contribution >= 0.6 is 0 Å². The molecule has 0 atom stereocenters. The largest absolute Gasteiger partial charge is 0.450 e. The van der Waals surface area contributed by atoms with Gasteiger partial charge in [0.05, 0.1) is 0 Å². The minimum Gasteiger partial charge on any atom is -0.438 e. The second kappa shape index (κ2) is 5.58. The van der Waals surface area contributed by atoms with Gasteiger partial charge < -0.3 is 9.47 Å². The van der Waals surface area contributed by atoms with E-state index in [1.165, 1.54) is 0 Å². The molecular formula is C7H9F3O4. The maximum atomic E-state index is 11.6. The second-order valence-electron chi connectivity index (χ2n) is 2.22. The van der Waals surface area contributed by atoms with Gasteiger partial charge >= 0.3 is 12.1 Å². The van der Waals surface area contributed by atoms with Crippen LogP contribution in [0.15, 0.2) is 0 Å². The van der Waals surface area contributed by atoms with Gasteiger partial charge in [0.15, 0.2) is 6.79 Å².